The van der Waals surface area contributed by atoms with Crippen LogP contribution in [-0.4, -0.2) is 61.1 Å². The van der Waals surface area contributed by atoms with Gasteiger partial charge in [-0.15, -0.1) is 0 Å². The number of hydrogen-bond donors (Lipinski definition) is 0. The van der Waals surface area contributed by atoms with Crippen molar-refractivity contribution in [2.75, 3.05) is 20.6 Å². The number of hydrogen-bond acceptors (Lipinski definition) is 7. The second-order valence-corrected chi connectivity index (χ2v) is 12.6. The van der Waals surface area contributed by atoms with Gasteiger partial charge in [0.05, 0.1) is 14.1 Å². The van der Waals surface area contributed by atoms with E-state index < -0.39 is 30.6 Å². The quantitative estimate of drug-likeness (QED) is 0.404. The maximum absolute atomic E-state index is 13.3. The molecule has 4 aliphatic rings. The molecule has 0 N–H and O–H groups in total. The van der Waals surface area contributed by atoms with Crippen molar-refractivity contribution in [2.24, 2.45) is 28.6 Å². The Hall–Kier alpha value is -2.22. The number of likely N-dealkylation sites (N-methyl/N-ethyl adjacent to an activating group) is 1. The Morgan fingerprint density at radius 1 is 1.08 bits per heavy atom. The molecule has 0 aromatic heterocycles. The Kier molecular flexibility index (Phi) is 7.14. The van der Waals surface area contributed by atoms with Gasteiger partial charge < -0.3 is 19.4 Å². The van der Waals surface area contributed by atoms with E-state index in [0.29, 0.717) is 24.2 Å². The van der Waals surface area contributed by atoms with Crippen molar-refractivity contribution < 1.29 is 38.2 Å². The van der Waals surface area contributed by atoms with E-state index >= 15 is 0 Å². The zero-order valence-corrected chi connectivity index (χ0v) is 22.3. The summed E-state index contributed by atoms with van der Waals surface area (Å²) in [6.07, 6.45) is 7.43. The summed E-state index contributed by atoms with van der Waals surface area (Å²) >= 11 is 0. The number of quaternary nitrogens is 1. The lowest BCUT2D eigenvalue weighted by atomic mass is 9.47. The molecule has 0 aromatic rings. The third-order valence-corrected chi connectivity index (χ3v) is 10.00. The summed E-state index contributed by atoms with van der Waals surface area (Å²) in [7, 11) is 3.31. The van der Waals surface area contributed by atoms with Crippen LogP contribution in [0, 0.1) is 28.6 Å². The van der Waals surface area contributed by atoms with E-state index in [1.54, 1.807) is 14.1 Å². The molecule has 3 fully saturated rings. The molecular formula is C28H41NO7. The minimum absolute atomic E-state index is 0.00383. The van der Waals surface area contributed by atoms with Crippen LogP contribution in [0.2, 0.25) is 0 Å². The molecule has 36 heavy (non-hydrogen) atoms. The third kappa shape index (κ3) is 4.85. The molecule has 0 spiro atoms. The first-order valence-corrected chi connectivity index (χ1v) is 13.4. The van der Waals surface area contributed by atoms with E-state index in [0.717, 1.165) is 44.9 Å². The summed E-state index contributed by atoms with van der Waals surface area (Å²) in [5.74, 6) is -0.0440. The SMILES string of the molecule is CC(=O)OC(CC(=O)[O-])C[N+](C)(C)C(=O)O[C@H]1CC[C@H]2[C@@H]3CCC4=CC(=O)CC[C@]4(C)[C@H]3CC[C@]12C. The Bertz CT molecular complexity index is 955. The van der Waals surface area contributed by atoms with Crippen LogP contribution in [0.5, 0.6) is 0 Å². The number of ketones is 1. The second-order valence-electron chi connectivity index (χ2n) is 12.6. The van der Waals surface area contributed by atoms with Crippen molar-refractivity contribution in [3.63, 3.8) is 0 Å². The van der Waals surface area contributed by atoms with Crippen LogP contribution in [0.25, 0.3) is 0 Å². The average molecular weight is 504 g/mol. The summed E-state index contributed by atoms with van der Waals surface area (Å²) in [5.41, 5.74) is 1.36. The highest BCUT2D eigenvalue weighted by molar-refractivity contribution is 5.91. The van der Waals surface area contributed by atoms with Crippen molar-refractivity contribution in [1.82, 2.24) is 0 Å². The number of fused-ring (bicyclic) bond motifs is 5. The van der Waals surface area contributed by atoms with Gasteiger partial charge in [0.25, 0.3) is 0 Å². The third-order valence-electron chi connectivity index (χ3n) is 10.00. The molecule has 200 valence electrons. The first-order valence-electron chi connectivity index (χ1n) is 13.4. The number of rotatable bonds is 6. The second kappa shape index (κ2) is 9.58. The number of esters is 1. The number of amides is 1. The minimum Gasteiger partial charge on any atom is -0.550 e. The largest absolute Gasteiger partial charge is 0.550 e. The highest BCUT2D eigenvalue weighted by Gasteiger charge is 2.60. The standard InChI is InChI=1S/C28H41NO7/c1-17(30)35-20(15-25(32)33)16-29(4,5)26(34)36-24-9-8-22-21-7-6-18-14-19(31)10-12-27(18,2)23(21)11-13-28(22,24)3/h14,20-24H,6-13,15-16H2,1-5H3/t20?,21-,22-,23-,24-,27-,28-/m0/s1. The lowest BCUT2D eigenvalue weighted by molar-refractivity contribution is -0.821. The number of nitrogens with zero attached hydrogens (tertiary/aromatic N) is 1. The molecule has 4 rings (SSSR count). The maximum Gasteiger partial charge on any atom is 0.515 e. The number of aliphatic carboxylic acids is 1. The predicted molar refractivity (Wildman–Crippen MR) is 129 cm³/mol. The van der Waals surface area contributed by atoms with Gasteiger partial charge in [0.2, 0.25) is 0 Å². The zero-order valence-electron chi connectivity index (χ0n) is 22.3. The van der Waals surface area contributed by atoms with E-state index in [4.69, 9.17) is 9.47 Å². The lowest BCUT2D eigenvalue weighted by Gasteiger charge is -2.57. The molecule has 3 saturated carbocycles. The molecule has 4 aliphatic carbocycles. The van der Waals surface area contributed by atoms with E-state index in [9.17, 15) is 24.3 Å². The van der Waals surface area contributed by atoms with Crippen molar-refractivity contribution >= 4 is 23.8 Å². The predicted octanol–water partition coefficient (Wildman–Crippen LogP) is 3.17. The maximum atomic E-state index is 13.3. The van der Waals surface area contributed by atoms with E-state index in [2.05, 4.69) is 13.8 Å². The van der Waals surface area contributed by atoms with Gasteiger partial charge in [-0.2, -0.15) is 4.79 Å². The topological polar surface area (TPSA) is 110 Å². The Balaban J connectivity index is 1.45. The minimum atomic E-state index is -1.33. The first-order chi connectivity index (χ1) is 16.8. The average Bonchev–Trinajstić information content (AvgIpc) is 3.09. The van der Waals surface area contributed by atoms with Gasteiger partial charge in [0.1, 0.15) is 12.6 Å². The molecular weight excluding hydrogens is 462 g/mol. The molecule has 8 nitrogen and oxygen atoms in total. The van der Waals surface area contributed by atoms with Gasteiger partial charge in [0.15, 0.2) is 11.9 Å². The van der Waals surface area contributed by atoms with Crippen LogP contribution in [0.15, 0.2) is 11.6 Å². The lowest BCUT2D eigenvalue weighted by Crippen LogP contribution is -2.55. The van der Waals surface area contributed by atoms with Gasteiger partial charge in [0, 0.05) is 31.1 Å². The first kappa shape index (κ1) is 26.8. The summed E-state index contributed by atoms with van der Waals surface area (Å²) in [5, 5.41) is 11.1. The summed E-state index contributed by atoms with van der Waals surface area (Å²) in [6.45, 7) is 5.85. The fraction of sp³-hybridized carbons (Fsp3) is 0.786. The number of ether oxygens (including phenoxy) is 2. The van der Waals surface area contributed by atoms with Crippen molar-refractivity contribution in [1.29, 1.82) is 0 Å². The molecule has 0 radical (unpaired) electrons. The number of carboxylic acids is 1. The van der Waals surface area contributed by atoms with Crippen molar-refractivity contribution in [3.8, 4) is 0 Å². The fourth-order valence-electron chi connectivity index (χ4n) is 8.12. The van der Waals surface area contributed by atoms with Gasteiger partial charge >= 0.3 is 12.1 Å². The Morgan fingerprint density at radius 2 is 1.81 bits per heavy atom. The molecule has 0 aliphatic heterocycles. The van der Waals surface area contributed by atoms with Crippen LogP contribution in [0.3, 0.4) is 0 Å². The molecule has 0 bridgehead atoms. The van der Waals surface area contributed by atoms with Gasteiger partial charge in [-0.1, -0.05) is 19.4 Å². The van der Waals surface area contributed by atoms with Crippen molar-refractivity contribution in [3.05, 3.63) is 11.6 Å². The monoisotopic (exact) mass is 503 g/mol. The summed E-state index contributed by atoms with van der Waals surface area (Å²) in [6, 6.07) is 0. The molecule has 0 saturated heterocycles. The summed E-state index contributed by atoms with van der Waals surface area (Å²) < 4.78 is 11.1. The highest BCUT2D eigenvalue weighted by Crippen LogP contribution is 2.65. The van der Waals surface area contributed by atoms with Crippen LogP contribution in [0.4, 0.5) is 4.79 Å². The van der Waals surface area contributed by atoms with E-state index in [1.807, 2.05) is 6.08 Å². The molecule has 1 unspecified atom stereocenters. The fourth-order valence-corrected chi connectivity index (χ4v) is 8.12. The van der Waals surface area contributed by atoms with Gasteiger partial charge in [-0.05, 0) is 74.2 Å². The van der Waals surface area contributed by atoms with Gasteiger partial charge in [-0.25, -0.2) is 4.48 Å². The van der Waals surface area contributed by atoms with E-state index in [1.165, 1.54) is 12.5 Å². The number of carboxylic acid groups (broad SMARTS) is 1. The Morgan fingerprint density at radius 3 is 2.47 bits per heavy atom. The van der Waals surface area contributed by atoms with Crippen LogP contribution < -0.4 is 5.11 Å². The molecule has 0 heterocycles. The molecule has 7 atom stereocenters. The van der Waals surface area contributed by atoms with Crippen LogP contribution in [0.1, 0.15) is 78.6 Å². The number of carbonyl (C=O) groups is 4. The van der Waals surface area contributed by atoms with Crippen LogP contribution in [-0.2, 0) is 23.9 Å². The van der Waals surface area contributed by atoms with Crippen LogP contribution >= 0.6 is 0 Å². The van der Waals surface area contributed by atoms with E-state index in [-0.39, 0.29) is 33.7 Å². The normalized spacial score (nSPS) is 36.6. The smallest absolute Gasteiger partial charge is 0.515 e. The molecule has 8 heteroatoms. The van der Waals surface area contributed by atoms with Gasteiger partial charge in [-0.3, -0.25) is 9.59 Å². The Labute approximate surface area is 214 Å². The highest BCUT2D eigenvalue weighted by atomic mass is 16.6. The van der Waals surface area contributed by atoms with Crippen molar-refractivity contribution in [2.45, 2.75) is 90.8 Å². The zero-order chi connectivity index (χ0) is 26.5. The summed E-state index contributed by atoms with van der Waals surface area (Å²) in [4.78, 5) is 47.9. The number of carbonyl (C=O) groups excluding carboxylic acids is 4. The molecule has 1 amide bonds. The molecule has 0 aromatic carbocycles. The number of allylic oxidation sites excluding steroid dienone is 1.